The molecule has 0 aromatic heterocycles. The molecule has 0 radical (unpaired) electrons. The zero-order valence-corrected chi connectivity index (χ0v) is 12.2. The van der Waals surface area contributed by atoms with E-state index in [0.717, 1.165) is 11.6 Å². The second kappa shape index (κ2) is 7.32. The molecule has 0 heterocycles. The van der Waals surface area contributed by atoms with E-state index in [1.165, 1.54) is 24.3 Å². The average Bonchev–Trinajstić information content (AvgIpc) is 2.53. The Labute approximate surface area is 132 Å². The number of carbonyl (C=O) groups excluding carboxylic acids is 1. The molecule has 0 fully saturated rings. The van der Waals surface area contributed by atoms with E-state index in [4.69, 9.17) is 10.00 Å². The molecule has 0 saturated carbocycles. The Morgan fingerprint density at radius 3 is 2.61 bits per heavy atom. The molecule has 2 aromatic carbocycles. The Balaban J connectivity index is 2.16. The van der Waals surface area contributed by atoms with Gasteiger partial charge < -0.3 is 4.74 Å². The molecule has 5 heteroatoms. The molecule has 2 aromatic rings. The van der Waals surface area contributed by atoms with Crippen molar-refractivity contribution < 1.29 is 18.3 Å². The smallest absolute Gasteiger partial charge is 0.346 e. The number of benzene rings is 2. The fourth-order valence-corrected chi connectivity index (χ4v) is 1.96. The largest absolute Gasteiger partial charge is 0.423 e. The predicted molar refractivity (Wildman–Crippen MR) is 81.0 cm³/mol. The van der Waals surface area contributed by atoms with Crippen molar-refractivity contribution >= 4 is 5.97 Å². The highest BCUT2D eigenvalue weighted by Gasteiger charge is 2.15. The molecular formula is C18H13F2NO2. The number of carbonyl (C=O) groups is 1. The van der Waals surface area contributed by atoms with E-state index in [1.807, 2.05) is 0 Å². The molecule has 0 saturated heterocycles. The number of nitrogens with zero attached hydrogens (tertiary/aromatic N) is 1. The maximum Gasteiger partial charge on any atom is 0.346 e. The summed E-state index contributed by atoms with van der Waals surface area (Å²) in [6.07, 6.45) is 3.05. The van der Waals surface area contributed by atoms with Gasteiger partial charge in [0, 0.05) is 6.07 Å². The number of halogens is 2. The molecule has 0 aliphatic carbocycles. The van der Waals surface area contributed by atoms with Gasteiger partial charge in [-0.3, -0.25) is 0 Å². The van der Waals surface area contributed by atoms with Crippen LogP contribution in [0, 0.1) is 23.0 Å². The van der Waals surface area contributed by atoms with Gasteiger partial charge in [0.05, 0.1) is 11.1 Å². The van der Waals surface area contributed by atoms with E-state index in [0.29, 0.717) is 12.8 Å². The number of esters is 1. The van der Waals surface area contributed by atoms with Gasteiger partial charge in [-0.1, -0.05) is 12.1 Å². The summed E-state index contributed by atoms with van der Waals surface area (Å²) in [5, 5.41) is 8.64. The van der Waals surface area contributed by atoms with Crippen molar-refractivity contribution in [1.82, 2.24) is 0 Å². The maximum atomic E-state index is 14.0. The van der Waals surface area contributed by atoms with Crippen molar-refractivity contribution in [3.8, 4) is 11.8 Å². The highest BCUT2D eigenvalue weighted by atomic mass is 19.1. The minimum absolute atomic E-state index is 0.0957. The van der Waals surface area contributed by atoms with Crippen LogP contribution in [0.2, 0.25) is 0 Å². The molecule has 0 aliphatic heterocycles. The van der Waals surface area contributed by atoms with Crippen LogP contribution in [0.5, 0.6) is 5.75 Å². The summed E-state index contributed by atoms with van der Waals surface area (Å²) < 4.78 is 32.4. The third kappa shape index (κ3) is 4.01. The fourth-order valence-electron chi connectivity index (χ4n) is 1.96. The van der Waals surface area contributed by atoms with Crippen LogP contribution in [0.15, 0.2) is 49.1 Å². The van der Waals surface area contributed by atoms with Crippen LogP contribution in [0.25, 0.3) is 0 Å². The van der Waals surface area contributed by atoms with Crippen LogP contribution < -0.4 is 4.74 Å². The zero-order valence-electron chi connectivity index (χ0n) is 12.2. The lowest BCUT2D eigenvalue weighted by molar-refractivity contribution is 0.0729. The van der Waals surface area contributed by atoms with E-state index in [-0.39, 0.29) is 16.9 Å². The van der Waals surface area contributed by atoms with Crippen molar-refractivity contribution in [3.05, 3.63) is 77.4 Å². The summed E-state index contributed by atoms with van der Waals surface area (Å²) in [7, 11) is 0. The van der Waals surface area contributed by atoms with Crippen LogP contribution in [-0.4, -0.2) is 5.97 Å². The lowest BCUT2D eigenvalue weighted by atomic mass is 10.1. The number of hydrogen-bond donors (Lipinski definition) is 0. The van der Waals surface area contributed by atoms with Crippen LogP contribution in [0.4, 0.5) is 8.78 Å². The van der Waals surface area contributed by atoms with Crippen molar-refractivity contribution in [2.75, 3.05) is 0 Å². The van der Waals surface area contributed by atoms with Gasteiger partial charge in [0.2, 0.25) is 0 Å². The maximum absolute atomic E-state index is 14.0. The van der Waals surface area contributed by atoms with Gasteiger partial charge in [-0.25, -0.2) is 13.6 Å². The molecular weight excluding hydrogens is 300 g/mol. The summed E-state index contributed by atoms with van der Waals surface area (Å²) in [5.74, 6) is -2.53. The van der Waals surface area contributed by atoms with Crippen LogP contribution in [0.1, 0.15) is 27.9 Å². The number of aryl methyl sites for hydroxylation is 1. The quantitative estimate of drug-likeness (QED) is 0.473. The number of nitriles is 1. The first-order valence-electron chi connectivity index (χ1n) is 6.86. The third-order valence-electron chi connectivity index (χ3n) is 3.16. The van der Waals surface area contributed by atoms with E-state index in [1.54, 1.807) is 18.2 Å². The van der Waals surface area contributed by atoms with Crippen LogP contribution >= 0.6 is 0 Å². The topological polar surface area (TPSA) is 50.1 Å². The van der Waals surface area contributed by atoms with E-state index < -0.39 is 17.6 Å². The Kier molecular flexibility index (Phi) is 5.21. The Hall–Kier alpha value is -3.00. The van der Waals surface area contributed by atoms with Gasteiger partial charge in [-0.2, -0.15) is 5.26 Å². The molecule has 0 unspecified atom stereocenters. The standard InChI is InChI=1S/C18H13F2NO2/c1-2-3-4-12-5-8-15(17(20)9-12)18(22)23-14-7-6-13(11-21)16(19)10-14/h2,5-10H,1,3-4H2. The minimum Gasteiger partial charge on any atom is -0.423 e. The number of allylic oxidation sites excluding steroid dienone is 1. The van der Waals surface area contributed by atoms with Crippen LogP contribution in [0.3, 0.4) is 0 Å². The summed E-state index contributed by atoms with van der Waals surface area (Å²) >= 11 is 0. The van der Waals surface area contributed by atoms with E-state index in [2.05, 4.69) is 6.58 Å². The molecule has 2 rings (SSSR count). The third-order valence-corrected chi connectivity index (χ3v) is 3.16. The van der Waals surface area contributed by atoms with Gasteiger partial charge in [-0.15, -0.1) is 6.58 Å². The van der Waals surface area contributed by atoms with Crippen molar-refractivity contribution in [2.45, 2.75) is 12.8 Å². The monoisotopic (exact) mass is 313 g/mol. The highest BCUT2D eigenvalue weighted by molar-refractivity contribution is 5.91. The SMILES string of the molecule is C=CCCc1ccc(C(=O)Oc2ccc(C#N)c(F)c2)c(F)c1. The van der Waals surface area contributed by atoms with Crippen LogP contribution in [-0.2, 0) is 6.42 Å². The fraction of sp³-hybridized carbons (Fsp3) is 0.111. The normalized spacial score (nSPS) is 9.96. The first-order valence-corrected chi connectivity index (χ1v) is 6.86. The molecule has 0 N–H and O–H groups in total. The molecule has 0 aliphatic rings. The van der Waals surface area contributed by atoms with Crippen molar-refractivity contribution in [3.63, 3.8) is 0 Å². The van der Waals surface area contributed by atoms with Crippen molar-refractivity contribution in [2.24, 2.45) is 0 Å². The Morgan fingerprint density at radius 2 is 2.00 bits per heavy atom. The first-order chi connectivity index (χ1) is 11.0. The number of ether oxygens (including phenoxy) is 1. The van der Waals surface area contributed by atoms with Crippen molar-refractivity contribution in [1.29, 1.82) is 5.26 Å². The van der Waals surface area contributed by atoms with E-state index >= 15 is 0 Å². The molecule has 0 bridgehead atoms. The first kappa shape index (κ1) is 16.4. The van der Waals surface area contributed by atoms with Gasteiger partial charge in [0.1, 0.15) is 23.5 Å². The van der Waals surface area contributed by atoms with Gasteiger partial charge in [0.25, 0.3) is 0 Å². The molecule has 0 amide bonds. The lowest BCUT2D eigenvalue weighted by Gasteiger charge is -2.07. The molecule has 23 heavy (non-hydrogen) atoms. The van der Waals surface area contributed by atoms with Gasteiger partial charge >= 0.3 is 5.97 Å². The molecule has 0 spiro atoms. The molecule has 3 nitrogen and oxygen atoms in total. The number of hydrogen-bond acceptors (Lipinski definition) is 3. The van der Waals surface area contributed by atoms with Gasteiger partial charge in [0.15, 0.2) is 0 Å². The Bertz CT molecular complexity index is 794. The lowest BCUT2D eigenvalue weighted by Crippen LogP contribution is -2.11. The Morgan fingerprint density at radius 1 is 1.22 bits per heavy atom. The second-order valence-corrected chi connectivity index (χ2v) is 4.78. The summed E-state index contributed by atoms with van der Waals surface area (Å²) in [4.78, 5) is 12.0. The molecule has 116 valence electrons. The minimum atomic E-state index is -0.929. The summed E-state index contributed by atoms with van der Waals surface area (Å²) in [5.41, 5.74) is 0.336. The highest BCUT2D eigenvalue weighted by Crippen LogP contribution is 2.19. The summed E-state index contributed by atoms with van der Waals surface area (Å²) in [6.45, 7) is 3.59. The average molecular weight is 313 g/mol. The molecule has 0 atom stereocenters. The summed E-state index contributed by atoms with van der Waals surface area (Å²) in [6, 6.07) is 9.25. The van der Waals surface area contributed by atoms with Gasteiger partial charge in [-0.05, 0) is 42.7 Å². The number of rotatable bonds is 5. The van der Waals surface area contributed by atoms with E-state index in [9.17, 15) is 13.6 Å². The predicted octanol–water partition coefficient (Wildman–Crippen LogP) is 4.17. The second-order valence-electron chi connectivity index (χ2n) is 4.78. The zero-order chi connectivity index (χ0) is 16.8.